The fourth-order valence-corrected chi connectivity index (χ4v) is 4.91. The highest BCUT2D eigenvalue weighted by atomic mass is 19.1. The number of carbonyl (C=O) groups excluding carboxylic acids is 1. The number of hydrogen-bond acceptors (Lipinski definition) is 6. The van der Waals surface area contributed by atoms with Crippen molar-refractivity contribution in [3.8, 4) is 5.69 Å². The SMILES string of the molecule is Cc1ccc(Nc2c3c(=O)n(C4CC4)c(=O)n(-c4cccc(NC(=O)CN(C)C)c4)c3c(C)c(=O)n2C)c(F)c1. The molecular weight excluding hydrogens is 515 g/mol. The van der Waals surface area contributed by atoms with E-state index in [4.69, 9.17) is 0 Å². The van der Waals surface area contributed by atoms with E-state index in [9.17, 15) is 23.6 Å². The molecule has 0 unspecified atom stereocenters. The van der Waals surface area contributed by atoms with Gasteiger partial charge in [0.25, 0.3) is 11.1 Å². The van der Waals surface area contributed by atoms with Crippen molar-refractivity contribution in [3.05, 3.63) is 90.6 Å². The Hall–Kier alpha value is -4.51. The zero-order valence-corrected chi connectivity index (χ0v) is 23.0. The van der Waals surface area contributed by atoms with Gasteiger partial charge in [0.05, 0.1) is 23.4 Å². The minimum atomic E-state index is -0.583. The fourth-order valence-electron chi connectivity index (χ4n) is 4.91. The predicted octanol–water partition coefficient (Wildman–Crippen LogP) is 3.19. The molecule has 1 amide bonds. The number of rotatable bonds is 7. The van der Waals surface area contributed by atoms with E-state index in [1.807, 2.05) is 0 Å². The number of anilines is 3. The molecule has 2 heterocycles. The number of likely N-dealkylation sites (N-methyl/N-ethyl adjacent to an activating group) is 1. The Labute approximate surface area is 229 Å². The summed E-state index contributed by atoms with van der Waals surface area (Å²) in [4.78, 5) is 55.4. The minimum absolute atomic E-state index is 0.0805. The summed E-state index contributed by atoms with van der Waals surface area (Å²) in [6.07, 6.45) is 1.34. The number of amides is 1. The largest absolute Gasteiger partial charge is 0.338 e. The molecule has 0 bridgehead atoms. The van der Waals surface area contributed by atoms with Crippen LogP contribution >= 0.6 is 0 Å². The monoisotopic (exact) mass is 546 g/mol. The molecule has 10 nitrogen and oxygen atoms in total. The summed E-state index contributed by atoms with van der Waals surface area (Å²) in [5, 5.41) is 5.87. The van der Waals surface area contributed by atoms with E-state index in [2.05, 4.69) is 10.6 Å². The number of hydrogen-bond donors (Lipinski definition) is 2. The lowest BCUT2D eigenvalue weighted by molar-refractivity contribution is -0.116. The third-order valence-electron chi connectivity index (χ3n) is 6.98. The number of fused-ring (bicyclic) bond motifs is 1. The highest BCUT2D eigenvalue weighted by Crippen LogP contribution is 2.34. The molecular formula is C29H31FN6O4. The normalized spacial score (nSPS) is 13.2. The summed E-state index contributed by atoms with van der Waals surface area (Å²) in [5.41, 5.74) is 0.359. The third kappa shape index (κ3) is 4.84. The van der Waals surface area contributed by atoms with Crippen LogP contribution in [0.1, 0.15) is 30.0 Å². The summed E-state index contributed by atoms with van der Waals surface area (Å²) < 4.78 is 18.7. The first-order chi connectivity index (χ1) is 19.0. The molecule has 1 aliphatic carbocycles. The average molecular weight is 547 g/mol. The first-order valence-corrected chi connectivity index (χ1v) is 13.0. The molecule has 5 rings (SSSR count). The van der Waals surface area contributed by atoms with E-state index in [0.717, 1.165) is 0 Å². The van der Waals surface area contributed by atoms with Crippen molar-refractivity contribution in [2.45, 2.75) is 32.7 Å². The summed E-state index contributed by atoms with van der Waals surface area (Å²) in [5.74, 6) is -0.700. The molecule has 208 valence electrons. The van der Waals surface area contributed by atoms with Gasteiger partial charge in [0.15, 0.2) is 0 Å². The first kappa shape index (κ1) is 27.1. The molecule has 0 radical (unpaired) electrons. The maximum Gasteiger partial charge on any atom is 0.336 e. The van der Waals surface area contributed by atoms with Crippen molar-refractivity contribution in [2.24, 2.45) is 7.05 Å². The Kier molecular flexibility index (Phi) is 6.92. The molecule has 0 atom stereocenters. The molecule has 40 heavy (non-hydrogen) atoms. The Balaban J connectivity index is 1.81. The number of benzene rings is 2. The Morgan fingerprint density at radius 3 is 2.42 bits per heavy atom. The second-order valence-corrected chi connectivity index (χ2v) is 10.5. The van der Waals surface area contributed by atoms with Gasteiger partial charge in [-0.15, -0.1) is 0 Å². The maximum atomic E-state index is 14.9. The zero-order valence-electron chi connectivity index (χ0n) is 23.0. The van der Waals surface area contributed by atoms with Crippen LogP contribution in [-0.2, 0) is 11.8 Å². The van der Waals surface area contributed by atoms with Gasteiger partial charge in [-0.1, -0.05) is 12.1 Å². The number of halogens is 1. The summed E-state index contributed by atoms with van der Waals surface area (Å²) in [7, 11) is 5.06. The molecule has 1 saturated carbocycles. The molecule has 0 spiro atoms. The van der Waals surface area contributed by atoms with Crippen molar-refractivity contribution in [1.82, 2.24) is 18.6 Å². The number of nitrogens with zero attached hydrogens (tertiary/aromatic N) is 4. The van der Waals surface area contributed by atoms with Crippen LogP contribution in [0.4, 0.5) is 21.6 Å². The smallest absolute Gasteiger partial charge is 0.336 e. The molecule has 1 aliphatic rings. The molecule has 0 saturated heterocycles. The number of nitrogens with one attached hydrogen (secondary N) is 2. The molecule has 4 aromatic rings. The lowest BCUT2D eigenvalue weighted by Gasteiger charge is -2.21. The molecule has 11 heteroatoms. The second-order valence-electron chi connectivity index (χ2n) is 10.5. The second kappa shape index (κ2) is 10.2. The molecule has 2 N–H and O–H groups in total. The first-order valence-electron chi connectivity index (χ1n) is 13.0. The standard InChI is InChI=1S/C29H31FN6O4/c1-16-9-12-22(21(30)13-16)32-26-24-25(17(2)27(38)34(26)5)35(29(40)36(28(24)39)19-10-11-19)20-8-6-7-18(14-20)31-23(37)15-33(3)4/h6-9,12-14,19,32H,10-11,15H2,1-5H3,(H,31,37). The van der Waals surface area contributed by atoms with Gasteiger partial charge in [0, 0.05) is 24.3 Å². The quantitative estimate of drug-likeness (QED) is 0.369. The fraction of sp³-hybridized carbons (Fsp3) is 0.310. The number of pyridine rings is 1. The molecule has 2 aromatic carbocycles. The lowest BCUT2D eigenvalue weighted by atomic mass is 10.1. The van der Waals surface area contributed by atoms with Crippen molar-refractivity contribution in [3.63, 3.8) is 0 Å². The molecule has 2 aromatic heterocycles. The van der Waals surface area contributed by atoms with Crippen LogP contribution < -0.4 is 27.4 Å². The number of aromatic nitrogens is 3. The Morgan fingerprint density at radius 1 is 1.05 bits per heavy atom. The molecule has 1 fully saturated rings. The average Bonchev–Trinajstić information content (AvgIpc) is 3.71. The highest BCUT2D eigenvalue weighted by Gasteiger charge is 2.31. The van der Waals surface area contributed by atoms with E-state index in [-0.39, 0.29) is 46.5 Å². The van der Waals surface area contributed by atoms with Crippen LogP contribution in [-0.4, -0.2) is 45.1 Å². The van der Waals surface area contributed by atoms with Crippen LogP contribution in [0.5, 0.6) is 0 Å². The predicted molar refractivity (Wildman–Crippen MR) is 154 cm³/mol. The van der Waals surface area contributed by atoms with Gasteiger partial charge in [0.2, 0.25) is 5.91 Å². The molecule has 0 aliphatic heterocycles. The highest BCUT2D eigenvalue weighted by molar-refractivity contribution is 5.94. The van der Waals surface area contributed by atoms with Crippen molar-refractivity contribution >= 4 is 34.0 Å². The van der Waals surface area contributed by atoms with Gasteiger partial charge in [-0.05, 0) is 76.7 Å². The summed E-state index contributed by atoms with van der Waals surface area (Å²) >= 11 is 0. The van der Waals surface area contributed by atoms with Gasteiger partial charge >= 0.3 is 5.69 Å². The number of aryl methyl sites for hydroxylation is 2. The van der Waals surface area contributed by atoms with E-state index < -0.39 is 22.6 Å². The Bertz CT molecular complexity index is 1850. The maximum absolute atomic E-state index is 14.9. The van der Waals surface area contributed by atoms with Gasteiger partial charge in [-0.25, -0.2) is 9.18 Å². The van der Waals surface area contributed by atoms with Crippen LogP contribution in [0.15, 0.2) is 56.8 Å². The van der Waals surface area contributed by atoms with Gasteiger partial charge in [-0.2, -0.15) is 0 Å². The Morgan fingerprint density at radius 2 is 1.77 bits per heavy atom. The van der Waals surface area contributed by atoms with E-state index in [0.29, 0.717) is 29.8 Å². The van der Waals surface area contributed by atoms with Gasteiger partial charge < -0.3 is 15.5 Å². The summed E-state index contributed by atoms with van der Waals surface area (Å²) in [6.45, 7) is 3.48. The van der Waals surface area contributed by atoms with Crippen molar-refractivity contribution in [2.75, 3.05) is 31.3 Å². The van der Waals surface area contributed by atoms with Gasteiger partial charge in [0.1, 0.15) is 17.0 Å². The van der Waals surface area contributed by atoms with Crippen LogP contribution in [0, 0.1) is 19.7 Å². The van der Waals surface area contributed by atoms with Crippen LogP contribution in [0.2, 0.25) is 0 Å². The summed E-state index contributed by atoms with van der Waals surface area (Å²) in [6, 6.07) is 11.0. The minimum Gasteiger partial charge on any atom is -0.338 e. The van der Waals surface area contributed by atoms with Crippen LogP contribution in [0.3, 0.4) is 0 Å². The van der Waals surface area contributed by atoms with E-state index in [1.165, 1.54) is 32.9 Å². The zero-order chi connectivity index (χ0) is 28.9. The van der Waals surface area contributed by atoms with E-state index in [1.54, 1.807) is 63.2 Å². The van der Waals surface area contributed by atoms with Crippen molar-refractivity contribution in [1.29, 1.82) is 0 Å². The third-order valence-corrected chi connectivity index (χ3v) is 6.98. The van der Waals surface area contributed by atoms with E-state index >= 15 is 0 Å². The van der Waals surface area contributed by atoms with Gasteiger partial charge in [-0.3, -0.25) is 28.1 Å². The number of carbonyl (C=O) groups is 1. The van der Waals surface area contributed by atoms with Crippen LogP contribution in [0.25, 0.3) is 16.6 Å². The lowest BCUT2D eigenvalue weighted by Crippen LogP contribution is -2.41. The van der Waals surface area contributed by atoms with Crippen molar-refractivity contribution < 1.29 is 9.18 Å². The topological polar surface area (TPSA) is 110 Å².